The Labute approximate surface area is 195 Å². The van der Waals surface area contributed by atoms with Crippen molar-refractivity contribution in [3.63, 3.8) is 0 Å². The zero-order valence-corrected chi connectivity index (χ0v) is 21.1. The molecule has 7 nitrogen and oxygen atoms in total. The Hall–Kier alpha value is -2.85. The summed E-state index contributed by atoms with van der Waals surface area (Å²) in [5.74, 6) is -1.72. The average Bonchev–Trinajstić information content (AvgIpc) is 2.81. The van der Waals surface area contributed by atoms with E-state index in [-0.39, 0.29) is 13.0 Å². The van der Waals surface area contributed by atoms with Crippen LogP contribution >= 0.6 is 0 Å². The molecule has 1 aromatic carbocycles. The number of carboxylic acids is 1. The predicted molar refractivity (Wildman–Crippen MR) is 132 cm³/mol. The second kappa shape index (κ2) is 28.2. The normalized spacial score (nSPS) is 9.47. The van der Waals surface area contributed by atoms with Crippen LogP contribution in [0.25, 0.3) is 0 Å². The van der Waals surface area contributed by atoms with Gasteiger partial charge in [-0.3, -0.25) is 14.4 Å². The number of aryl methyl sites for hydroxylation is 1. The lowest BCUT2D eigenvalue weighted by Crippen LogP contribution is -2.47. The van der Waals surface area contributed by atoms with Crippen LogP contribution in [0.4, 0.5) is 0 Å². The lowest BCUT2D eigenvalue weighted by molar-refractivity contribution is -0.142. The van der Waals surface area contributed by atoms with Gasteiger partial charge in [0.2, 0.25) is 5.91 Å². The van der Waals surface area contributed by atoms with Gasteiger partial charge in [0.15, 0.2) is 0 Å². The van der Waals surface area contributed by atoms with Gasteiger partial charge in [0, 0.05) is 0 Å². The molecule has 0 fully saturated rings. The highest BCUT2D eigenvalue weighted by atomic mass is 16.5. The maximum Gasteiger partial charge on any atom is 0.325 e. The van der Waals surface area contributed by atoms with Gasteiger partial charge in [-0.2, -0.15) is 0 Å². The van der Waals surface area contributed by atoms with Crippen LogP contribution in [0.2, 0.25) is 0 Å². The van der Waals surface area contributed by atoms with Crippen LogP contribution < -0.4 is 10.6 Å². The SMILES string of the molecule is C#C.CC.CC.COC(=O)CNC(=O)[C@H](CC(=O)O)NCCC(C)C.Cc1ccccc1. The van der Waals surface area contributed by atoms with Crippen molar-refractivity contribution >= 4 is 17.8 Å². The maximum atomic E-state index is 11.7. The molecule has 0 spiro atoms. The van der Waals surface area contributed by atoms with Crippen LogP contribution in [0, 0.1) is 25.7 Å². The van der Waals surface area contributed by atoms with Gasteiger partial charge < -0.3 is 20.5 Å². The molecule has 0 saturated carbocycles. The summed E-state index contributed by atoms with van der Waals surface area (Å²) in [5, 5.41) is 14.0. The van der Waals surface area contributed by atoms with E-state index in [1.807, 2.05) is 59.7 Å². The van der Waals surface area contributed by atoms with Crippen molar-refractivity contribution in [3.05, 3.63) is 35.9 Å². The number of methoxy groups -OCH3 is 1. The Kier molecular flexibility index (Phi) is 32.1. The van der Waals surface area contributed by atoms with Crippen molar-refractivity contribution in [1.82, 2.24) is 10.6 Å². The third-order valence-corrected chi connectivity index (χ3v) is 3.38. The van der Waals surface area contributed by atoms with Gasteiger partial charge in [-0.1, -0.05) is 77.4 Å². The van der Waals surface area contributed by atoms with E-state index < -0.39 is 23.9 Å². The molecule has 0 heterocycles. The minimum absolute atomic E-state index is 0.267. The van der Waals surface area contributed by atoms with Crippen molar-refractivity contribution in [3.8, 4) is 12.8 Å². The summed E-state index contributed by atoms with van der Waals surface area (Å²) >= 11 is 0. The van der Waals surface area contributed by atoms with Crippen LogP contribution in [0.1, 0.15) is 59.9 Å². The Bertz CT molecular complexity index is 586. The minimum atomic E-state index is -1.07. The number of carbonyl (C=O) groups is 3. The number of benzene rings is 1. The van der Waals surface area contributed by atoms with Gasteiger partial charge in [0.1, 0.15) is 6.54 Å². The van der Waals surface area contributed by atoms with Crippen molar-refractivity contribution in [2.75, 3.05) is 20.2 Å². The molecule has 1 atom stereocenters. The molecule has 1 aromatic rings. The summed E-state index contributed by atoms with van der Waals surface area (Å²) in [5.41, 5.74) is 1.32. The molecule has 0 aliphatic carbocycles. The van der Waals surface area contributed by atoms with Gasteiger partial charge in [0.25, 0.3) is 0 Å². The number of terminal acetylenes is 1. The number of rotatable bonds is 9. The number of esters is 1. The molecule has 7 heteroatoms. The summed E-state index contributed by atoms with van der Waals surface area (Å²) in [6, 6.07) is 9.42. The Morgan fingerprint density at radius 2 is 1.53 bits per heavy atom. The summed E-state index contributed by atoms with van der Waals surface area (Å²) in [6.45, 7) is 14.4. The molecule has 1 rings (SSSR count). The van der Waals surface area contributed by atoms with Crippen molar-refractivity contribution in [2.45, 2.75) is 67.3 Å². The lowest BCUT2D eigenvalue weighted by Gasteiger charge is -2.17. The number of carbonyl (C=O) groups excluding carboxylic acids is 2. The zero-order chi connectivity index (χ0) is 25.9. The van der Waals surface area contributed by atoms with Crippen molar-refractivity contribution in [2.24, 2.45) is 5.92 Å². The van der Waals surface area contributed by atoms with E-state index in [1.54, 1.807) is 0 Å². The summed E-state index contributed by atoms with van der Waals surface area (Å²) in [6.07, 6.45) is 8.51. The molecule has 0 unspecified atom stereocenters. The van der Waals surface area contributed by atoms with Crippen molar-refractivity contribution in [1.29, 1.82) is 0 Å². The number of hydrogen-bond acceptors (Lipinski definition) is 5. The van der Waals surface area contributed by atoms with E-state index in [1.165, 1.54) is 12.7 Å². The number of amides is 1. The van der Waals surface area contributed by atoms with Crippen LogP contribution in [0.3, 0.4) is 0 Å². The van der Waals surface area contributed by atoms with Crippen LogP contribution in [-0.4, -0.2) is 49.2 Å². The number of ether oxygens (including phenoxy) is 1. The highest BCUT2D eigenvalue weighted by molar-refractivity contribution is 5.88. The molecular weight excluding hydrogens is 408 g/mol. The topological polar surface area (TPSA) is 105 Å². The summed E-state index contributed by atoms with van der Waals surface area (Å²) < 4.78 is 4.38. The van der Waals surface area contributed by atoms with Gasteiger partial charge >= 0.3 is 11.9 Å². The molecule has 184 valence electrons. The average molecular weight is 453 g/mol. The van der Waals surface area contributed by atoms with E-state index >= 15 is 0 Å². The molecule has 0 bridgehead atoms. The van der Waals surface area contributed by atoms with E-state index in [2.05, 4.69) is 47.3 Å². The first kappa shape index (κ1) is 36.5. The summed E-state index contributed by atoms with van der Waals surface area (Å²) in [7, 11) is 1.21. The predicted octanol–water partition coefficient (Wildman–Crippen LogP) is 4.05. The minimum Gasteiger partial charge on any atom is -0.481 e. The largest absolute Gasteiger partial charge is 0.481 e. The molecule has 0 radical (unpaired) electrons. The highest BCUT2D eigenvalue weighted by Crippen LogP contribution is 1.99. The maximum absolute atomic E-state index is 11.7. The Morgan fingerprint density at radius 1 is 1.03 bits per heavy atom. The summed E-state index contributed by atoms with van der Waals surface area (Å²) in [4.78, 5) is 33.3. The number of hydrogen-bond donors (Lipinski definition) is 3. The van der Waals surface area contributed by atoms with Crippen molar-refractivity contribution < 1.29 is 24.2 Å². The molecule has 1 amide bonds. The quantitative estimate of drug-likeness (QED) is 0.386. The fourth-order valence-electron chi connectivity index (χ4n) is 1.87. The first-order valence-corrected chi connectivity index (χ1v) is 10.9. The molecule has 0 aromatic heterocycles. The molecule has 0 saturated heterocycles. The van der Waals surface area contributed by atoms with Gasteiger partial charge in [-0.05, 0) is 25.8 Å². The number of carboxylic acid groups (broad SMARTS) is 1. The third kappa shape index (κ3) is 27.2. The van der Waals surface area contributed by atoms with Crippen LogP contribution in [0.5, 0.6) is 0 Å². The van der Waals surface area contributed by atoms with Gasteiger partial charge in [-0.25, -0.2) is 0 Å². The van der Waals surface area contributed by atoms with E-state index in [0.717, 1.165) is 6.42 Å². The second-order valence-corrected chi connectivity index (χ2v) is 6.24. The monoisotopic (exact) mass is 452 g/mol. The molecule has 32 heavy (non-hydrogen) atoms. The number of nitrogens with one attached hydrogen (secondary N) is 2. The fraction of sp³-hybridized carbons (Fsp3) is 0.560. The first-order chi connectivity index (χ1) is 15.3. The van der Waals surface area contributed by atoms with Gasteiger partial charge in [0.05, 0.1) is 19.6 Å². The smallest absolute Gasteiger partial charge is 0.325 e. The lowest BCUT2D eigenvalue weighted by atomic mass is 10.1. The highest BCUT2D eigenvalue weighted by Gasteiger charge is 2.21. The van der Waals surface area contributed by atoms with Gasteiger partial charge in [-0.15, -0.1) is 12.8 Å². The molecule has 0 aliphatic rings. The fourth-order valence-corrected chi connectivity index (χ4v) is 1.87. The molecular formula is C25H44N2O5. The van der Waals surface area contributed by atoms with E-state index in [0.29, 0.717) is 12.5 Å². The Balaban J connectivity index is -0.000000247. The second-order valence-electron chi connectivity index (χ2n) is 6.24. The molecule has 3 N–H and O–H groups in total. The Morgan fingerprint density at radius 3 is 1.88 bits per heavy atom. The molecule has 0 aliphatic heterocycles. The zero-order valence-electron chi connectivity index (χ0n) is 21.1. The third-order valence-electron chi connectivity index (χ3n) is 3.38. The van der Waals surface area contributed by atoms with E-state index in [4.69, 9.17) is 5.11 Å². The standard InChI is InChI=1S/C12H22N2O5.C7H8.2C2H6.C2H2/c1-8(2)4-5-13-9(6-10(15)16)12(18)14-7-11(17)19-3;1-7-5-3-2-4-6-7;3*1-2/h8-9,13H,4-7H2,1-3H3,(H,14,18)(H,15,16);2-6H,1H3;2*1-2H3;1-2H/t9-;;;;/m0..../s1. The van der Waals surface area contributed by atoms with Crippen LogP contribution in [0.15, 0.2) is 30.3 Å². The first-order valence-electron chi connectivity index (χ1n) is 10.9. The van der Waals surface area contributed by atoms with Crippen LogP contribution in [-0.2, 0) is 19.1 Å². The number of aliphatic carboxylic acids is 1. The van der Waals surface area contributed by atoms with E-state index in [9.17, 15) is 14.4 Å².